The van der Waals surface area contributed by atoms with Gasteiger partial charge in [0.15, 0.2) is 0 Å². The Bertz CT molecular complexity index is 502. The summed E-state index contributed by atoms with van der Waals surface area (Å²) in [5.41, 5.74) is 2.75. The SMILES string of the molecule is Cc1ccccc1C(C)NC(c1cccs1)C(C)C. The summed E-state index contributed by atoms with van der Waals surface area (Å²) in [7, 11) is 0. The van der Waals surface area contributed by atoms with Crippen molar-refractivity contribution in [2.45, 2.75) is 39.8 Å². The molecule has 0 saturated carbocycles. The third kappa shape index (κ3) is 3.46. The van der Waals surface area contributed by atoms with Gasteiger partial charge in [-0.15, -0.1) is 11.3 Å². The molecule has 0 aliphatic rings. The van der Waals surface area contributed by atoms with Crippen LogP contribution in [-0.2, 0) is 0 Å². The fraction of sp³-hybridized carbons (Fsp3) is 0.412. The number of rotatable bonds is 5. The Labute approximate surface area is 120 Å². The summed E-state index contributed by atoms with van der Waals surface area (Å²) >= 11 is 1.84. The van der Waals surface area contributed by atoms with Crippen LogP contribution in [-0.4, -0.2) is 0 Å². The minimum absolute atomic E-state index is 0.371. The van der Waals surface area contributed by atoms with E-state index in [0.29, 0.717) is 18.0 Å². The molecule has 0 fully saturated rings. The van der Waals surface area contributed by atoms with Gasteiger partial charge in [-0.3, -0.25) is 0 Å². The van der Waals surface area contributed by atoms with Crippen LogP contribution >= 0.6 is 11.3 Å². The summed E-state index contributed by atoms with van der Waals surface area (Å²) in [6, 6.07) is 13.8. The van der Waals surface area contributed by atoms with E-state index in [-0.39, 0.29) is 0 Å². The quantitative estimate of drug-likeness (QED) is 0.798. The van der Waals surface area contributed by atoms with Crippen LogP contribution in [0.5, 0.6) is 0 Å². The van der Waals surface area contributed by atoms with Crippen molar-refractivity contribution in [1.29, 1.82) is 0 Å². The minimum atomic E-state index is 0.371. The van der Waals surface area contributed by atoms with Gasteiger partial charge in [-0.25, -0.2) is 0 Å². The van der Waals surface area contributed by atoms with Gasteiger partial charge in [-0.2, -0.15) is 0 Å². The second-order valence-corrected chi connectivity index (χ2v) is 6.46. The average molecular weight is 273 g/mol. The maximum atomic E-state index is 3.79. The van der Waals surface area contributed by atoms with E-state index in [2.05, 4.69) is 74.8 Å². The van der Waals surface area contributed by atoms with E-state index in [0.717, 1.165) is 0 Å². The molecule has 2 rings (SSSR count). The van der Waals surface area contributed by atoms with Gasteiger partial charge < -0.3 is 5.32 Å². The van der Waals surface area contributed by atoms with Crippen LogP contribution in [0.15, 0.2) is 41.8 Å². The number of aryl methyl sites for hydroxylation is 1. The fourth-order valence-electron chi connectivity index (χ4n) is 2.50. The molecule has 19 heavy (non-hydrogen) atoms. The van der Waals surface area contributed by atoms with Crippen molar-refractivity contribution < 1.29 is 0 Å². The predicted molar refractivity (Wildman–Crippen MR) is 84.6 cm³/mol. The van der Waals surface area contributed by atoms with Crippen molar-refractivity contribution in [3.8, 4) is 0 Å². The lowest BCUT2D eigenvalue weighted by Crippen LogP contribution is -2.28. The molecule has 102 valence electrons. The molecule has 1 heterocycles. The number of nitrogens with one attached hydrogen (secondary N) is 1. The molecule has 0 aliphatic carbocycles. The van der Waals surface area contributed by atoms with Crippen LogP contribution in [0.1, 0.15) is 48.9 Å². The van der Waals surface area contributed by atoms with Crippen molar-refractivity contribution in [2.24, 2.45) is 5.92 Å². The zero-order valence-corrected chi connectivity index (χ0v) is 13.0. The van der Waals surface area contributed by atoms with E-state index in [4.69, 9.17) is 0 Å². The number of thiophene rings is 1. The topological polar surface area (TPSA) is 12.0 Å². The second-order valence-electron chi connectivity index (χ2n) is 5.48. The van der Waals surface area contributed by atoms with Crippen molar-refractivity contribution in [1.82, 2.24) is 5.32 Å². The van der Waals surface area contributed by atoms with Crippen LogP contribution in [0, 0.1) is 12.8 Å². The number of hydrogen-bond donors (Lipinski definition) is 1. The summed E-state index contributed by atoms with van der Waals surface area (Å²) in [6.07, 6.45) is 0. The van der Waals surface area contributed by atoms with Gasteiger partial charge in [0.1, 0.15) is 0 Å². The second kappa shape index (κ2) is 6.36. The van der Waals surface area contributed by atoms with E-state index in [9.17, 15) is 0 Å². The van der Waals surface area contributed by atoms with Crippen LogP contribution in [0.2, 0.25) is 0 Å². The Morgan fingerprint density at radius 1 is 1.00 bits per heavy atom. The Balaban J connectivity index is 2.16. The highest BCUT2D eigenvalue weighted by molar-refractivity contribution is 7.10. The van der Waals surface area contributed by atoms with E-state index in [1.54, 1.807) is 0 Å². The summed E-state index contributed by atoms with van der Waals surface area (Å²) in [5, 5.41) is 5.94. The van der Waals surface area contributed by atoms with Gasteiger partial charge in [0.2, 0.25) is 0 Å². The molecule has 0 amide bonds. The third-order valence-electron chi connectivity index (χ3n) is 3.60. The molecular formula is C17H23NS. The molecule has 2 atom stereocenters. The molecule has 2 unspecified atom stereocenters. The van der Waals surface area contributed by atoms with Crippen molar-refractivity contribution in [3.05, 3.63) is 57.8 Å². The Morgan fingerprint density at radius 2 is 1.74 bits per heavy atom. The average Bonchev–Trinajstić information content (AvgIpc) is 2.89. The number of hydrogen-bond acceptors (Lipinski definition) is 2. The molecule has 0 saturated heterocycles. The first-order valence-corrected chi connectivity index (χ1v) is 7.82. The zero-order chi connectivity index (χ0) is 13.8. The van der Waals surface area contributed by atoms with Crippen molar-refractivity contribution in [2.75, 3.05) is 0 Å². The Morgan fingerprint density at radius 3 is 2.32 bits per heavy atom. The van der Waals surface area contributed by atoms with Gasteiger partial charge in [0, 0.05) is 17.0 Å². The lowest BCUT2D eigenvalue weighted by Gasteiger charge is -2.26. The largest absolute Gasteiger partial charge is 0.302 e. The Kier molecular flexibility index (Phi) is 4.78. The smallest absolute Gasteiger partial charge is 0.0442 e. The van der Waals surface area contributed by atoms with Crippen LogP contribution < -0.4 is 5.32 Å². The maximum Gasteiger partial charge on any atom is 0.0442 e. The normalized spacial score (nSPS) is 14.6. The third-order valence-corrected chi connectivity index (χ3v) is 4.56. The highest BCUT2D eigenvalue weighted by Gasteiger charge is 2.20. The highest BCUT2D eigenvalue weighted by atomic mass is 32.1. The van der Waals surface area contributed by atoms with Crippen molar-refractivity contribution in [3.63, 3.8) is 0 Å². The molecule has 0 spiro atoms. The molecule has 1 aromatic carbocycles. The molecule has 0 radical (unpaired) electrons. The molecule has 0 aliphatic heterocycles. The van der Waals surface area contributed by atoms with Gasteiger partial charge in [-0.1, -0.05) is 44.2 Å². The molecule has 2 aromatic rings. The lowest BCUT2D eigenvalue weighted by molar-refractivity contribution is 0.379. The van der Waals surface area contributed by atoms with E-state index < -0.39 is 0 Å². The standard InChI is InChI=1S/C17H23NS/c1-12(2)17(16-10-7-11-19-16)18-14(4)15-9-6-5-8-13(15)3/h5-12,14,17-18H,1-4H3. The zero-order valence-electron chi connectivity index (χ0n) is 12.2. The van der Waals surface area contributed by atoms with Gasteiger partial charge in [-0.05, 0) is 42.3 Å². The first kappa shape index (κ1) is 14.3. The first-order chi connectivity index (χ1) is 9.09. The highest BCUT2D eigenvalue weighted by Crippen LogP contribution is 2.29. The van der Waals surface area contributed by atoms with E-state index in [1.165, 1.54) is 16.0 Å². The van der Waals surface area contributed by atoms with Crippen LogP contribution in [0.4, 0.5) is 0 Å². The molecule has 0 bridgehead atoms. The maximum absolute atomic E-state index is 3.79. The molecular weight excluding hydrogens is 250 g/mol. The minimum Gasteiger partial charge on any atom is -0.302 e. The summed E-state index contributed by atoms with van der Waals surface area (Å²) < 4.78 is 0. The van der Waals surface area contributed by atoms with Crippen LogP contribution in [0.25, 0.3) is 0 Å². The molecule has 1 N–H and O–H groups in total. The number of benzene rings is 1. The Hall–Kier alpha value is -1.12. The van der Waals surface area contributed by atoms with E-state index >= 15 is 0 Å². The van der Waals surface area contributed by atoms with E-state index in [1.807, 2.05) is 11.3 Å². The lowest BCUT2D eigenvalue weighted by atomic mass is 9.98. The molecule has 2 heteroatoms. The molecule has 1 aromatic heterocycles. The summed E-state index contributed by atoms with van der Waals surface area (Å²) in [6.45, 7) is 9.00. The fourth-order valence-corrected chi connectivity index (χ4v) is 3.46. The van der Waals surface area contributed by atoms with Gasteiger partial charge in [0.25, 0.3) is 0 Å². The van der Waals surface area contributed by atoms with Gasteiger partial charge in [0.05, 0.1) is 0 Å². The molecule has 1 nitrogen and oxygen atoms in total. The summed E-state index contributed by atoms with van der Waals surface area (Å²) in [5.74, 6) is 0.588. The monoisotopic (exact) mass is 273 g/mol. The first-order valence-electron chi connectivity index (χ1n) is 6.94. The van der Waals surface area contributed by atoms with Gasteiger partial charge >= 0.3 is 0 Å². The van der Waals surface area contributed by atoms with Crippen LogP contribution in [0.3, 0.4) is 0 Å². The summed E-state index contributed by atoms with van der Waals surface area (Å²) in [4.78, 5) is 1.43. The predicted octanol–water partition coefficient (Wildman–Crippen LogP) is 5.10. The van der Waals surface area contributed by atoms with Crippen molar-refractivity contribution >= 4 is 11.3 Å².